The Labute approximate surface area is 195 Å². The minimum absolute atomic E-state index is 0.00804. The van der Waals surface area contributed by atoms with E-state index in [2.05, 4.69) is 31.0 Å². The summed E-state index contributed by atoms with van der Waals surface area (Å²) in [5.74, 6) is -1.77. The molecule has 32 heavy (non-hydrogen) atoms. The van der Waals surface area contributed by atoms with Gasteiger partial charge in [-0.2, -0.15) is 0 Å². The van der Waals surface area contributed by atoms with Gasteiger partial charge >= 0.3 is 5.91 Å². The van der Waals surface area contributed by atoms with Crippen LogP contribution >= 0.6 is 22.9 Å². The second-order valence-electron chi connectivity index (χ2n) is 8.65. The van der Waals surface area contributed by atoms with E-state index in [9.17, 15) is 14.7 Å². The van der Waals surface area contributed by atoms with E-state index in [1.54, 1.807) is 31.2 Å². The number of carbonyl (C=O) groups is 2. The lowest BCUT2D eigenvalue weighted by Crippen LogP contribution is -2.29. The first-order valence-electron chi connectivity index (χ1n) is 10.1. The van der Waals surface area contributed by atoms with E-state index in [1.807, 2.05) is 24.3 Å². The van der Waals surface area contributed by atoms with E-state index >= 15 is 0 Å². The van der Waals surface area contributed by atoms with E-state index < -0.39 is 17.7 Å². The number of aliphatic hydroxyl groups is 1. The summed E-state index contributed by atoms with van der Waals surface area (Å²) in [6.45, 7) is 8.11. The molecule has 1 N–H and O–H groups in total. The van der Waals surface area contributed by atoms with Crippen LogP contribution in [0.2, 0.25) is 5.02 Å². The molecule has 1 aromatic heterocycles. The maximum atomic E-state index is 13.1. The Morgan fingerprint density at radius 1 is 1.03 bits per heavy atom. The zero-order chi connectivity index (χ0) is 23.2. The number of aromatic nitrogens is 2. The summed E-state index contributed by atoms with van der Waals surface area (Å²) in [6.07, 6.45) is 0. The molecule has 0 saturated carbocycles. The van der Waals surface area contributed by atoms with Gasteiger partial charge in [0.25, 0.3) is 5.78 Å². The van der Waals surface area contributed by atoms with Crippen LogP contribution < -0.4 is 4.90 Å². The topological polar surface area (TPSA) is 83.4 Å². The maximum Gasteiger partial charge on any atom is 0.301 e. The van der Waals surface area contributed by atoms with Gasteiger partial charge in [-0.25, -0.2) is 0 Å². The minimum atomic E-state index is -0.827. The molecule has 1 fully saturated rings. The van der Waals surface area contributed by atoms with Gasteiger partial charge in [-0.3, -0.25) is 14.5 Å². The van der Waals surface area contributed by atoms with Gasteiger partial charge < -0.3 is 5.11 Å². The molecule has 0 unspecified atom stereocenters. The number of rotatable bonds is 3. The predicted octanol–water partition coefficient (Wildman–Crippen LogP) is 5.42. The lowest BCUT2D eigenvalue weighted by molar-refractivity contribution is -0.132. The van der Waals surface area contributed by atoms with Crippen molar-refractivity contribution in [2.75, 3.05) is 4.90 Å². The zero-order valence-corrected chi connectivity index (χ0v) is 19.7. The average Bonchev–Trinajstić information content (AvgIpc) is 3.28. The van der Waals surface area contributed by atoms with Crippen LogP contribution in [0.5, 0.6) is 0 Å². The predicted molar refractivity (Wildman–Crippen MR) is 126 cm³/mol. The molecule has 1 saturated heterocycles. The normalized spacial score (nSPS) is 18.4. The van der Waals surface area contributed by atoms with Crippen molar-refractivity contribution in [3.05, 3.63) is 80.8 Å². The molecular weight excluding hydrogens is 446 g/mol. The van der Waals surface area contributed by atoms with Crippen LogP contribution in [0.25, 0.3) is 5.76 Å². The Balaban J connectivity index is 1.91. The molecule has 6 nitrogen and oxygen atoms in total. The molecule has 0 spiro atoms. The second-order valence-corrected chi connectivity index (χ2v) is 10.2. The molecule has 164 valence electrons. The fourth-order valence-corrected chi connectivity index (χ4v) is 4.50. The van der Waals surface area contributed by atoms with Crippen molar-refractivity contribution in [2.24, 2.45) is 0 Å². The highest BCUT2D eigenvalue weighted by Crippen LogP contribution is 2.43. The Hall–Kier alpha value is -3.03. The Morgan fingerprint density at radius 2 is 1.66 bits per heavy atom. The van der Waals surface area contributed by atoms with Crippen LogP contribution in [-0.4, -0.2) is 27.0 Å². The number of nitrogens with zero attached hydrogens (tertiary/aromatic N) is 3. The molecule has 1 amide bonds. The number of aliphatic hydroxyl groups excluding tert-OH is 1. The fraction of sp³-hybridized carbons (Fsp3) is 0.250. The molecule has 8 heteroatoms. The SMILES string of the molecule is Cc1nnc(N2C(=O)C(=O)C(=C(O)c3ccc(Cl)cc3)[C@H]2c2ccc(C(C)(C)C)cc2)s1. The standard InChI is InChI=1S/C24H22ClN3O3S/c1-13-26-27-23(32-13)28-19(14-5-9-16(10-6-14)24(2,3)4)18(21(30)22(28)31)20(29)15-7-11-17(25)12-8-15/h5-12,19,29H,1-4H3/t19-/m1/s1. The van der Waals surface area contributed by atoms with E-state index in [0.717, 1.165) is 5.56 Å². The monoisotopic (exact) mass is 467 g/mol. The second kappa shape index (κ2) is 8.15. The quantitative estimate of drug-likeness (QED) is 0.315. The largest absolute Gasteiger partial charge is 0.507 e. The minimum Gasteiger partial charge on any atom is -0.507 e. The number of carbonyl (C=O) groups excluding carboxylic acids is 2. The molecule has 1 aliphatic heterocycles. The summed E-state index contributed by atoms with van der Waals surface area (Å²) in [7, 11) is 0. The molecule has 0 radical (unpaired) electrons. The Morgan fingerprint density at radius 3 is 2.19 bits per heavy atom. The summed E-state index contributed by atoms with van der Waals surface area (Å²) in [5.41, 5.74) is 2.16. The zero-order valence-electron chi connectivity index (χ0n) is 18.1. The van der Waals surface area contributed by atoms with Gasteiger partial charge in [0.2, 0.25) is 5.13 Å². The lowest BCUT2D eigenvalue weighted by Gasteiger charge is -2.24. The number of benzene rings is 2. The van der Waals surface area contributed by atoms with Gasteiger partial charge in [-0.1, -0.05) is 68.0 Å². The van der Waals surface area contributed by atoms with Crippen LogP contribution in [0.15, 0.2) is 54.1 Å². The van der Waals surface area contributed by atoms with E-state index in [0.29, 0.717) is 26.3 Å². The molecule has 1 atom stereocenters. The number of anilines is 1. The van der Waals surface area contributed by atoms with Crippen LogP contribution in [0, 0.1) is 6.92 Å². The van der Waals surface area contributed by atoms with Gasteiger partial charge in [0.15, 0.2) is 0 Å². The molecular formula is C24H22ClN3O3S. The molecule has 2 aromatic carbocycles. The first-order valence-corrected chi connectivity index (χ1v) is 11.2. The van der Waals surface area contributed by atoms with Crippen LogP contribution in [0.3, 0.4) is 0 Å². The molecule has 4 rings (SSSR count). The number of halogens is 1. The number of hydrogen-bond acceptors (Lipinski definition) is 6. The highest BCUT2D eigenvalue weighted by molar-refractivity contribution is 7.15. The van der Waals surface area contributed by atoms with Crippen molar-refractivity contribution < 1.29 is 14.7 Å². The first-order chi connectivity index (χ1) is 15.1. The third-order valence-corrected chi connectivity index (χ3v) is 6.47. The van der Waals surface area contributed by atoms with Crippen molar-refractivity contribution in [2.45, 2.75) is 39.2 Å². The maximum absolute atomic E-state index is 13.1. The summed E-state index contributed by atoms with van der Waals surface area (Å²) in [5, 5.41) is 20.7. The van der Waals surface area contributed by atoms with Gasteiger partial charge in [0.1, 0.15) is 10.8 Å². The summed E-state index contributed by atoms with van der Waals surface area (Å²) < 4.78 is 0. The molecule has 2 heterocycles. The van der Waals surface area contributed by atoms with E-state index in [4.69, 9.17) is 11.6 Å². The highest BCUT2D eigenvalue weighted by Gasteiger charge is 2.48. The van der Waals surface area contributed by atoms with Crippen molar-refractivity contribution in [1.29, 1.82) is 0 Å². The average molecular weight is 468 g/mol. The third-order valence-electron chi connectivity index (χ3n) is 5.38. The third kappa shape index (κ3) is 3.94. The Kier molecular flexibility index (Phi) is 5.65. The van der Waals surface area contributed by atoms with E-state index in [1.165, 1.54) is 16.2 Å². The van der Waals surface area contributed by atoms with Crippen molar-refractivity contribution in [3.8, 4) is 0 Å². The van der Waals surface area contributed by atoms with Crippen molar-refractivity contribution >= 4 is 45.5 Å². The van der Waals surface area contributed by atoms with Gasteiger partial charge in [-0.15, -0.1) is 10.2 Å². The van der Waals surface area contributed by atoms with Crippen molar-refractivity contribution in [1.82, 2.24) is 10.2 Å². The highest BCUT2D eigenvalue weighted by atomic mass is 35.5. The van der Waals surface area contributed by atoms with Crippen LogP contribution in [0.4, 0.5) is 5.13 Å². The van der Waals surface area contributed by atoms with Crippen LogP contribution in [-0.2, 0) is 15.0 Å². The first kappa shape index (κ1) is 22.2. The molecule has 0 aliphatic carbocycles. The fourth-order valence-electron chi connectivity index (χ4n) is 3.66. The number of amides is 1. The van der Waals surface area contributed by atoms with Gasteiger partial charge in [-0.05, 0) is 47.7 Å². The number of hydrogen-bond donors (Lipinski definition) is 1. The number of aryl methyl sites for hydroxylation is 1. The summed E-state index contributed by atoms with van der Waals surface area (Å²) >= 11 is 7.19. The van der Waals surface area contributed by atoms with Crippen LogP contribution in [0.1, 0.15) is 48.5 Å². The summed E-state index contributed by atoms with van der Waals surface area (Å²) in [6, 6.07) is 13.3. The number of ketones is 1. The molecule has 0 bridgehead atoms. The van der Waals surface area contributed by atoms with Gasteiger partial charge in [0, 0.05) is 10.6 Å². The smallest absolute Gasteiger partial charge is 0.301 e. The number of Topliss-reactive ketones (excluding diaryl/α,β-unsaturated/α-hetero) is 1. The molecule has 3 aromatic rings. The molecule has 1 aliphatic rings. The summed E-state index contributed by atoms with van der Waals surface area (Å²) in [4.78, 5) is 27.5. The lowest BCUT2D eigenvalue weighted by atomic mass is 9.85. The van der Waals surface area contributed by atoms with Crippen molar-refractivity contribution in [3.63, 3.8) is 0 Å². The Bertz CT molecular complexity index is 1220. The van der Waals surface area contributed by atoms with Gasteiger partial charge in [0.05, 0.1) is 11.6 Å². The van der Waals surface area contributed by atoms with E-state index in [-0.39, 0.29) is 16.7 Å².